The van der Waals surface area contributed by atoms with Crippen LogP contribution in [0.15, 0.2) is 24.3 Å². The highest BCUT2D eigenvalue weighted by Crippen LogP contribution is 2.20. The monoisotopic (exact) mass is 222 g/mol. The normalized spacial score (nSPS) is 16.9. The number of hydrogen-bond donors (Lipinski definition) is 0. The summed E-state index contributed by atoms with van der Waals surface area (Å²) in [7, 11) is 1.63. The quantitative estimate of drug-likeness (QED) is 0.724. The summed E-state index contributed by atoms with van der Waals surface area (Å²) in [5, 5.41) is 0. The van der Waals surface area contributed by atoms with Crippen molar-refractivity contribution in [2.45, 2.75) is 6.42 Å². The Labute approximate surface area is 92.3 Å². The van der Waals surface area contributed by atoms with E-state index < -0.39 is 5.82 Å². The van der Waals surface area contributed by atoms with Gasteiger partial charge >= 0.3 is 6.03 Å². The first-order valence-corrected chi connectivity index (χ1v) is 4.93. The molecular weight excluding hydrogens is 211 g/mol. The predicted molar refractivity (Wildman–Crippen MR) is 56.5 cm³/mol. The van der Waals surface area contributed by atoms with Gasteiger partial charge in [0.1, 0.15) is 5.82 Å². The van der Waals surface area contributed by atoms with Crippen molar-refractivity contribution in [1.29, 1.82) is 0 Å². The summed E-state index contributed by atoms with van der Waals surface area (Å²) >= 11 is 0. The summed E-state index contributed by atoms with van der Waals surface area (Å²) in [4.78, 5) is 25.9. The topological polar surface area (TPSA) is 40.6 Å². The van der Waals surface area contributed by atoms with Crippen LogP contribution in [0.2, 0.25) is 0 Å². The van der Waals surface area contributed by atoms with Crippen molar-refractivity contribution in [2.24, 2.45) is 0 Å². The number of anilines is 1. The first-order chi connectivity index (χ1) is 7.59. The minimum atomic E-state index is -0.394. The van der Waals surface area contributed by atoms with Gasteiger partial charge in [0, 0.05) is 20.0 Å². The second-order valence-electron chi connectivity index (χ2n) is 3.66. The van der Waals surface area contributed by atoms with E-state index in [1.165, 1.54) is 29.2 Å². The van der Waals surface area contributed by atoms with Crippen molar-refractivity contribution in [3.05, 3.63) is 30.1 Å². The van der Waals surface area contributed by atoms with Gasteiger partial charge in [-0.3, -0.25) is 4.79 Å². The molecule has 0 radical (unpaired) electrons. The van der Waals surface area contributed by atoms with Gasteiger partial charge < -0.3 is 4.90 Å². The van der Waals surface area contributed by atoms with E-state index in [1.807, 2.05) is 0 Å². The van der Waals surface area contributed by atoms with E-state index in [9.17, 15) is 14.0 Å². The zero-order valence-electron chi connectivity index (χ0n) is 8.81. The highest BCUT2D eigenvalue weighted by Gasteiger charge is 2.30. The Morgan fingerprint density at radius 3 is 2.44 bits per heavy atom. The Hall–Kier alpha value is -1.91. The Bertz CT molecular complexity index is 430. The fourth-order valence-corrected chi connectivity index (χ4v) is 1.59. The zero-order chi connectivity index (χ0) is 11.7. The summed E-state index contributed by atoms with van der Waals surface area (Å²) in [6.45, 7) is 0.426. The first-order valence-electron chi connectivity index (χ1n) is 4.93. The van der Waals surface area contributed by atoms with Gasteiger partial charge in [-0.05, 0) is 24.3 Å². The van der Waals surface area contributed by atoms with Gasteiger partial charge in [0.15, 0.2) is 0 Å². The van der Waals surface area contributed by atoms with Gasteiger partial charge in [0.25, 0.3) is 0 Å². The second kappa shape index (κ2) is 3.92. The lowest BCUT2D eigenvalue weighted by Crippen LogP contribution is -2.50. The fourth-order valence-electron chi connectivity index (χ4n) is 1.59. The smallest absolute Gasteiger partial charge is 0.327 e. The van der Waals surface area contributed by atoms with Gasteiger partial charge in [0.2, 0.25) is 5.91 Å². The van der Waals surface area contributed by atoms with E-state index in [2.05, 4.69) is 0 Å². The number of carbonyl (C=O) groups is 2. The third-order valence-electron chi connectivity index (χ3n) is 2.51. The number of urea groups is 1. The number of carbonyl (C=O) groups excluding carboxylic acids is 2. The van der Waals surface area contributed by atoms with Crippen LogP contribution in [0, 0.1) is 5.82 Å². The number of rotatable bonds is 1. The molecule has 3 amide bonds. The van der Waals surface area contributed by atoms with Crippen molar-refractivity contribution in [3.8, 4) is 0 Å². The van der Waals surface area contributed by atoms with Crippen LogP contribution in [0.4, 0.5) is 14.9 Å². The summed E-state index contributed by atoms with van der Waals surface area (Å²) in [5.74, 6) is -0.649. The van der Waals surface area contributed by atoms with Crippen LogP contribution in [0.1, 0.15) is 6.42 Å². The van der Waals surface area contributed by atoms with Crippen molar-refractivity contribution in [1.82, 2.24) is 4.90 Å². The molecule has 1 heterocycles. The third kappa shape index (κ3) is 1.76. The molecule has 1 aliphatic heterocycles. The molecule has 1 aromatic rings. The Morgan fingerprint density at radius 2 is 1.81 bits per heavy atom. The lowest BCUT2D eigenvalue weighted by atomic mass is 10.2. The molecular formula is C11H11FN2O2. The van der Waals surface area contributed by atoms with E-state index in [1.54, 1.807) is 7.05 Å². The maximum Gasteiger partial charge on any atom is 0.331 e. The minimum absolute atomic E-state index is 0.255. The molecule has 84 valence electrons. The lowest BCUT2D eigenvalue weighted by molar-refractivity contribution is -0.119. The Balaban J connectivity index is 2.34. The Kier molecular flexibility index (Phi) is 2.60. The molecule has 0 spiro atoms. The molecule has 0 bridgehead atoms. The highest BCUT2D eigenvalue weighted by molar-refractivity contribution is 6.15. The minimum Gasteiger partial charge on any atom is -0.327 e. The van der Waals surface area contributed by atoms with Crippen molar-refractivity contribution < 1.29 is 14.0 Å². The van der Waals surface area contributed by atoms with Gasteiger partial charge in [0.05, 0.1) is 5.69 Å². The summed E-state index contributed by atoms with van der Waals surface area (Å²) in [5.41, 5.74) is 0.406. The highest BCUT2D eigenvalue weighted by atomic mass is 19.1. The number of hydrogen-bond acceptors (Lipinski definition) is 2. The molecule has 0 aliphatic carbocycles. The molecule has 1 fully saturated rings. The van der Waals surface area contributed by atoms with E-state index in [0.29, 0.717) is 18.7 Å². The summed E-state index contributed by atoms with van der Waals surface area (Å²) in [6, 6.07) is 4.92. The van der Waals surface area contributed by atoms with E-state index in [0.717, 1.165) is 4.90 Å². The molecule has 0 N–H and O–H groups in total. The Morgan fingerprint density at radius 1 is 1.19 bits per heavy atom. The van der Waals surface area contributed by atoms with Crippen molar-refractivity contribution >= 4 is 17.6 Å². The SMILES string of the molecule is CN1CCC(=O)N(c2ccc(F)cc2)C1=O. The predicted octanol–water partition coefficient (Wildman–Crippen LogP) is 1.61. The number of benzene rings is 1. The number of amides is 3. The third-order valence-corrected chi connectivity index (χ3v) is 2.51. The van der Waals surface area contributed by atoms with Gasteiger partial charge in [-0.25, -0.2) is 14.1 Å². The average Bonchev–Trinajstić information content (AvgIpc) is 2.27. The fraction of sp³-hybridized carbons (Fsp3) is 0.273. The second-order valence-corrected chi connectivity index (χ2v) is 3.66. The molecule has 2 rings (SSSR count). The van der Waals surface area contributed by atoms with Crippen LogP contribution in [0.5, 0.6) is 0 Å². The number of halogens is 1. The molecule has 1 aliphatic rings. The van der Waals surface area contributed by atoms with Crippen LogP contribution in [0.25, 0.3) is 0 Å². The molecule has 5 heteroatoms. The first kappa shape index (κ1) is 10.6. The van der Waals surface area contributed by atoms with Crippen LogP contribution in [-0.2, 0) is 4.79 Å². The van der Waals surface area contributed by atoms with E-state index >= 15 is 0 Å². The molecule has 0 atom stereocenters. The standard InChI is InChI=1S/C11H11FN2O2/c1-13-7-6-10(15)14(11(13)16)9-4-2-8(12)3-5-9/h2-5H,6-7H2,1H3. The molecule has 1 saturated heterocycles. The van der Waals surface area contributed by atoms with E-state index in [4.69, 9.17) is 0 Å². The van der Waals surface area contributed by atoms with Gasteiger partial charge in [-0.2, -0.15) is 0 Å². The van der Waals surface area contributed by atoms with Gasteiger partial charge in [-0.15, -0.1) is 0 Å². The van der Waals surface area contributed by atoms with E-state index in [-0.39, 0.29) is 11.9 Å². The molecule has 16 heavy (non-hydrogen) atoms. The molecule has 4 nitrogen and oxygen atoms in total. The lowest BCUT2D eigenvalue weighted by Gasteiger charge is -2.31. The maximum absolute atomic E-state index is 12.7. The van der Waals surface area contributed by atoms with Crippen LogP contribution < -0.4 is 4.90 Å². The largest absolute Gasteiger partial charge is 0.331 e. The molecule has 1 aromatic carbocycles. The summed E-state index contributed by atoms with van der Waals surface area (Å²) in [6.07, 6.45) is 0.291. The zero-order valence-corrected chi connectivity index (χ0v) is 8.81. The average molecular weight is 222 g/mol. The number of imide groups is 1. The van der Waals surface area contributed by atoms with Gasteiger partial charge in [-0.1, -0.05) is 0 Å². The summed E-state index contributed by atoms with van der Waals surface area (Å²) < 4.78 is 12.7. The van der Waals surface area contributed by atoms with Crippen molar-refractivity contribution in [2.75, 3.05) is 18.5 Å². The van der Waals surface area contributed by atoms with Crippen molar-refractivity contribution in [3.63, 3.8) is 0 Å². The van der Waals surface area contributed by atoms with Crippen LogP contribution in [0.3, 0.4) is 0 Å². The molecule has 0 saturated carbocycles. The molecule has 0 unspecified atom stereocenters. The maximum atomic E-state index is 12.7. The number of nitrogens with zero attached hydrogens (tertiary/aromatic N) is 2. The van der Waals surface area contributed by atoms with Crippen LogP contribution >= 0.6 is 0 Å². The molecule has 0 aromatic heterocycles. The van der Waals surface area contributed by atoms with Crippen LogP contribution in [-0.4, -0.2) is 30.4 Å².